The monoisotopic (exact) mass is 397 g/mol. The van der Waals surface area contributed by atoms with Crippen molar-refractivity contribution in [3.8, 4) is 0 Å². The molecule has 78 valence electrons. The van der Waals surface area contributed by atoms with Crippen LogP contribution in [0.4, 0.5) is 0 Å². The maximum absolute atomic E-state index is 11.6. The molecular formula is C8H5BrIN3OS. The standard InChI is InChI=1S/C8H5BrIN3OS/c9-3-6(14)7-5-1-2-13(15-10)8(5)12-4-11-7/h1-2,4H,3H2. The topological polar surface area (TPSA) is 47.8 Å². The quantitative estimate of drug-likeness (QED) is 0.454. The number of aromatic nitrogens is 3. The average Bonchev–Trinajstić information content (AvgIpc) is 2.70. The molecule has 0 fully saturated rings. The number of carbonyl (C=O) groups excluding carboxylic acids is 1. The summed E-state index contributed by atoms with van der Waals surface area (Å²) in [6.07, 6.45) is 3.29. The highest BCUT2D eigenvalue weighted by Crippen LogP contribution is 2.24. The van der Waals surface area contributed by atoms with Gasteiger partial charge < -0.3 is 0 Å². The number of carbonyl (C=O) groups is 1. The summed E-state index contributed by atoms with van der Waals surface area (Å²) in [5.74, 6) is -0.0291. The Kier molecular flexibility index (Phi) is 3.62. The largest absolute Gasteiger partial charge is 0.291 e. The van der Waals surface area contributed by atoms with E-state index in [-0.39, 0.29) is 11.1 Å². The van der Waals surface area contributed by atoms with Gasteiger partial charge in [-0.05, 0) is 6.07 Å². The first-order valence-electron chi connectivity index (χ1n) is 3.98. The molecule has 0 saturated carbocycles. The van der Waals surface area contributed by atoms with Crippen molar-refractivity contribution in [1.29, 1.82) is 0 Å². The second kappa shape index (κ2) is 4.79. The van der Waals surface area contributed by atoms with Crippen molar-refractivity contribution < 1.29 is 4.79 Å². The fourth-order valence-corrected chi connectivity index (χ4v) is 2.81. The van der Waals surface area contributed by atoms with Crippen LogP contribution in [0.25, 0.3) is 11.0 Å². The lowest BCUT2D eigenvalue weighted by molar-refractivity contribution is 0.102. The second-order valence-electron chi connectivity index (χ2n) is 2.73. The molecule has 0 bridgehead atoms. The van der Waals surface area contributed by atoms with E-state index in [9.17, 15) is 4.79 Å². The minimum Gasteiger partial charge on any atom is -0.291 e. The van der Waals surface area contributed by atoms with Gasteiger partial charge in [-0.15, -0.1) is 0 Å². The predicted octanol–water partition coefficient (Wildman–Crippen LogP) is 2.86. The van der Waals surface area contributed by atoms with E-state index in [1.807, 2.05) is 16.2 Å². The molecule has 0 saturated heterocycles. The van der Waals surface area contributed by atoms with Crippen molar-refractivity contribution in [2.24, 2.45) is 0 Å². The summed E-state index contributed by atoms with van der Waals surface area (Å²) in [6.45, 7) is 0. The zero-order valence-electron chi connectivity index (χ0n) is 7.35. The van der Waals surface area contributed by atoms with Gasteiger partial charge in [0.05, 0.1) is 5.33 Å². The zero-order chi connectivity index (χ0) is 10.8. The van der Waals surface area contributed by atoms with Gasteiger partial charge in [-0.3, -0.25) is 8.77 Å². The molecule has 0 atom stereocenters. The van der Waals surface area contributed by atoms with Gasteiger partial charge in [0, 0.05) is 41.9 Å². The Morgan fingerprint density at radius 2 is 2.40 bits per heavy atom. The average molecular weight is 398 g/mol. The normalized spacial score (nSPS) is 10.8. The number of nitrogens with zero attached hydrogens (tertiary/aromatic N) is 3. The van der Waals surface area contributed by atoms with Gasteiger partial charge in [0.15, 0.2) is 11.4 Å². The van der Waals surface area contributed by atoms with Gasteiger partial charge in [0.2, 0.25) is 0 Å². The summed E-state index contributed by atoms with van der Waals surface area (Å²) in [4.78, 5) is 19.7. The van der Waals surface area contributed by atoms with Crippen LogP contribution >= 0.6 is 46.3 Å². The Labute approximate surface area is 111 Å². The molecule has 0 radical (unpaired) electrons. The van der Waals surface area contributed by atoms with Crippen LogP contribution in [0.3, 0.4) is 0 Å². The van der Waals surface area contributed by atoms with Gasteiger partial charge in [0.1, 0.15) is 12.0 Å². The van der Waals surface area contributed by atoms with Crippen molar-refractivity contribution in [2.45, 2.75) is 0 Å². The molecular weight excluding hydrogens is 393 g/mol. The number of halogens is 2. The van der Waals surface area contributed by atoms with Gasteiger partial charge in [0.25, 0.3) is 0 Å². The van der Waals surface area contributed by atoms with E-state index in [4.69, 9.17) is 0 Å². The van der Waals surface area contributed by atoms with Crippen molar-refractivity contribution in [3.05, 3.63) is 24.3 Å². The predicted molar refractivity (Wildman–Crippen MR) is 72.7 cm³/mol. The van der Waals surface area contributed by atoms with Crippen LogP contribution in [-0.2, 0) is 0 Å². The SMILES string of the molecule is O=C(CBr)c1ncnc2c1ccn2SI. The Morgan fingerprint density at radius 3 is 3.07 bits per heavy atom. The minimum absolute atomic E-state index is 0.0291. The number of ketones is 1. The zero-order valence-corrected chi connectivity index (χ0v) is 11.9. The molecule has 0 aliphatic rings. The van der Waals surface area contributed by atoms with Crippen LogP contribution in [0.15, 0.2) is 18.6 Å². The summed E-state index contributed by atoms with van der Waals surface area (Å²) >= 11 is 5.30. The summed E-state index contributed by atoms with van der Waals surface area (Å²) in [5.41, 5.74) is 1.25. The third kappa shape index (κ3) is 2.04. The summed E-state index contributed by atoms with van der Waals surface area (Å²) in [6, 6.07) is 1.86. The lowest BCUT2D eigenvalue weighted by Crippen LogP contribution is -2.04. The van der Waals surface area contributed by atoms with E-state index in [1.165, 1.54) is 15.4 Å². The van der Waals surface area contributed by atoms with E-state index >= 15 is 0 Å². The van der Waals surface area contributed by atoms with E-state index in [0.29, 0.717) is 5.69 Å². The van der Waals surface area contributed by atoms with Crippen LogP contribution in [0.1, 0.15) is 10.5 Å². The van der Waals surface area contributed by atoms with Crippen molar-refractivity contribution in [3.63, 3.8) is 0 Å². The first-order chi connectivity index (χ1) is 7.27. The molecule has 2 aromatic heterocycles. The fraction of sp³-hybridized carbons (Fsp3) is 0.125. The van der Waals surface area contributed by atoms with Gasteiger partial charge in [-0.25, -0.2) is 9.97 Å². The molecule has 2 heterocycles. The highest BCUT2D eigenvalue weighted by atomic mass is 127. The number of rotatable bonds is 3. The Morgan fingerprint density at radius 1 is 1.60 bits per heavy atom. The molecule has 7 heteroatoms. The first kappa shape index (κ1) is 11.3. The van der Waals surface area contributed by atoms with E-state index in [2.05, 4.69) is 47.1 Å². The number of alkyl halides is 1. The van der Waals surface area contributed by atoms with Crippen LogP contribution in [-0.4, -0.2) is 25.1 Å². The molecule has 15 heavy (non-hydrogen) atoms. The Balaban J connectivity index is 2.67. The van der Waals surface area contributed by atoms with E-state index < -0.39 is 0 Å². The lowest BCUT2D eigenvalue weighted by atomic mass is 10.2. The highest BCUT2D eigenvalue weighted by molar-refractivity contribution is 14.2. The Hall–Kier alpha value is -0.150. The first-order valence-corrected chi connectivity index (χ1v) is 8.42. The van der Waals surface area contributed by atoms with Crippen LogP contribution in [0, 0.1) is 0 Å². The van der Waals surface area contributed by atoms with Gasteiger partial charge >= 0.3 is 0 Å². The summed E-state index contributed by atoms with van der Waals surface area (Å²) in [5, 5.41) is 1.08. The highest BCUT2D eigenvalue weighted by Gasteiger charge is 2.13. The van der Waals surface area contributed by atoms with Gasteiger partial charge in [-0.1, -0.05) is 15.9 Å². The summed E-state index contributed by atoms with van der Waals surface area (Å²) < 4.78 is 1.89. The number of Topliss-reactive ketones (excluding diaryl/α,β-unsaturated/α-hetero) is 1. The molecule has 0 aliphatic heterocycles. The van der Waals surface area contributed by atoms with Crippen LogP contribution in [0.5, 0.6) is 0 Å². The maximum Gasteiger partial charge on any atom is 0.192 e. The van der Waals surface area contributed by atoms with E-state index in [0.717, 1.165) is 11.0 Å². The molecule has 0 amide bonds. The molecule has 2 rings (SSSR count). The molecule has 0 aromatic carbocycles. The van der Waals surface area contributed by atoms with Gasteiger partial charge in [-0.2, -0.15) is 0 Å². The molecule has 0 N–H and O–H groups in total. The molecule has 4 nitrogen and oxygen atoms in total. The fourth-order valence-electron chi connectivity index (χ4n) is 1.27. The second-order valence-corrected chi connectivity index (χ2v) is 5.00. The van der Waals surface area contributed by atoms with Crippen molar-refractivity contribution in [1.82, 2.24) is 13.9 Å². The molecule has 2 aromatic rings. The van der Waals surface area contributed by atoms with Crippen molar-refractivity contribution >= 4 is 63.1 Å². The lowest BCUT2D eigenvalue weighted by Gasteiger charge is -1.99. The summed E-state index contributed by atoms with van der Waals surface area (Å²) in [7, 11) is 1.51. The van der Waals surface area contributed by atoms with Crippen LogP contribution < -0.4 is 0 Å². The smallest absolute Gasteiger partial charge is 0.192 e. The number of hydrogen-bond donors (Lipinski definition) is 0. The minimum atomic E-state index is -0.0291. The number of fused-ring (bicyclic) bond motifs is 1. The third-order valence-electron chi connectivity index (χ3n) is 1.91. The molecule has 0 aliphatic carbocycles. The maximum atomic E-state index is 11.6. The third-order valence-corrected chi connectivity index (χ3v) is 4.13. The Bertz CT molecular complexity index is 516. The van der Waals surface area contributed by atoms with Crippen LogP contribution in [0.2, 0.25) is 0 Å². The molecule has 0 unspecified atom stereocenters. The number of hydrogen-bond acceptors (Lipinski definition) is 4. The molecule has 0 spiro atoms. The van der Waals surface area contributed by atoms with E-state index in [1.54, 1.807) is 0 Å². The van der Waals surface area contributed by atoms with Crippen molar-refractivity contribution in [2.75, 3.05) is 5.33 Å².